The predicted octanol–water partition coefficient (Wildman–Crippen LogP) is 0.159. The van der Waals surface area contributed by atoms with E-state index in [1.807, 2.05) is 0 Å². The number of ether oxygens (including phenoxy) is 2. The van der Waals surface area contributed by atoms with Gasteiger partial charge in [0.2, 0.25) is 5.43 Å². The molecule has 2 aromatic rings. The normalized spacial score (nSPS) is 18.3. The van der Waals surface area contributed by atoms with Gasteiger partial charge in [-0.2, -0.15) is 0 Å². The molecule has 3 heterocycles. The van der Waals surface area contributed by atoms with Crippen molar-refractivity contribution in [3.05, 3.63) is 63.1 Å². The van der Waals surface area contributed by atoms with Gasteiger partial charge < -0.3 is 24.8 Å². The Morgan fingerprint density at radius 2 is 2.06 bits per heavy atom. The molecule has 176 valence electrons. The number of rotatable bonds is 5. The molecule has 1 aromatic heterocycles. The summed E-state index contributed by atoms with van der Waals surface area (Å²) in [5.74, 6) is -3.97. The average Bonchev–Trinajstić information content (AvgIpc) is 2.79. The largest absolute Gasteiger partial charge is 0.502 e. The van der Waals surface area contributed by atoms with Crippen molar-refractivity contribution < 1.29 is 33.0 Å². The van der Waals surface area contributed by atoms with Crippen molar-refractivity contribution in [2.24, 2.45) is 0 Å². The molecule has 1 saturated heterocycles. The SMILES string of the molecule is CN1CN(CC2COCCO2)C(=O)c2c(O)c(=O)c(C(=O)NCc3ccc(F)cc3F)cn21. The number of fused-ring (bicyclic) bond motifs is 1. The lowest BCUT2D eigenvalue weighted by Crippen LogP contribution is -2.55. The van der Waals surface area contributed by atoms with E-state index in [4.69, 9.17) is 9.47 Å². The number of carbonyl (C=O) groups excluding carboxylic acids is 2. The molecular weight excluding hydrogens is 442 g/mol. The number of hydrogen-bond donors (Lipinski definition) is 2. The molecule has 1 unspecified atom stereocenters. The summed E-state index contributed by atoms with van der Waals surface area (Å²) in [5.41, 5.74) is -1.74. The van der Waals surface area contributed by atoms with Crippen LogP contribution in [0.5, 0.6) is 5.75 Å². The molecule has 0 radical (unpaired) electrons. The molecule has 0 spiro atoms. The van der Waals surface area contributed by atoms with E-state index in [2.05, 4.69) is 5.32 Å². The Kier molecular flexibility index (Phi) is 6.29. The minimum Gasteiger partial charge on any atom is -0.502 e. The van der Waals surface area contributed by atoms with Crippen LogP contribution in [0.2, 0.25) is 0 Å². The number of halogens is 2. The van der Waals surface area contributed by atoms with Crippen LogP contribution < -0.4 is 15.8 Å². The van der Waals surface area contributed by atoms with Crippen LogP contribution in [0.4, 0.5) is 8.78 Å². The maximum Gasteiger partial charge on any atom is 0.277 e. The number of aromatic hydroxyl groups is 1. The lowest BCUT2D eigenvalue weighted by atomic mass is 10.1. The lowest BCUT2D eigenvalue weighted by molar-refractivity contribution is -0.0953. The number of nitrogens with one attached hydrogen (secondary N) is 1. The first-order valence-corrected chi connectivity index (χ1v) is 10.2. The van der Waals surface area contributed by atoms with Gasteiger partial charge >= 0.3 is 0 Å². The van der Waals surface area contributed by atoms with Crippen LogP contribution in [0, 0.1) is 11.6 Å². The van der Waals surface area contributed by atoms with Crippen LogP contribution >= 0.6 is 0 Å². The lowest BCUT2D eigenvalue weighted by Gasteiger charge is -2.39. The highest BCUT2D eigenvalue weighted by molar-refractivity contribution is 5.99. The van der Waals surface area contributed by atoms with Gasteiger partial charge in [0.15, 0.2) is 11.4 Å². The highest BCUT2D eigenvalue weighted by Gasteiger charge is 2.34. The fourth-order valence-electron chi connectivity index (χ4n) is 3.71. The maximum absolute atomic E-state index is 13.8. The molecule has 0 bridgehead atoms. The Bertz CT molecular complexity index is 1150. The Labute approximate surface area is 186 Å². The summed E-state index contributed by atoms with van der Waals surface area (Å²) in [5, 5.41) is 14.4. The standard InChI is InChI=1S/C21H22F2N4O6/c1-25-11-26(8-14-10-32-4-5-33-14)21(31)17-19(29)18(28)15(9-27(17)25)20(30)24-7-12-2-3-13(22)6-16(12)23/h2-3,6,9,14,29H,4-5,7-8,10-11H2,1H3,(H,24,30). The molecule has 33 heavy (non-hydrogen) atoms. The smallest absolute Gasteiger partial charge is 0.277 e. The molecule has 1 atom stereocenters. The molecular formula is C21H22F2N4O6. The predicted molar refractivity (Wildman–Crippen MR) is 110 cm³/mol. The van der Waals surface area contributed by atoms with Crippen molar-refractivity contribution in [2.45, 2.75) is 12.6 Å². The van der Waals surface area contributed by atoms with Crippen molar-refractivity contribution >= 4 is 11.8 Å². The fraction of sp³-hybridized carbons (Fsp3) is 0.381. The second-order valence-electron chi connectivity index (χ2n) is 7.73. The monoisotopic (exact) mass is 464 g/mol. The molecule has 2 N–H and O–H groups in total. The summed E-state index contributed by atoms with van der Waals surface area (Å²) < 4.78 is 39.0. The third kappa shape index (κ3) is 4.52. The van der Waals surface area contributed by atoms with Crippen LogP contribution in [-0.2, 0) is 16.0 Å². The van der Waals surface area contributed by atoms with Crippen molar-refractivity contribution in [3.8, 4) is 5.75 Å². The highest BCUT2D eigenvalue weighted by atomic mass is 19.1. The van der Waals surface area contributed by atoms with Crippen molar-refractivity contribution in [1.82, 2.24) is 14.9 Å². The van der Waals surface area contributed by atoms with Gasteiger partial charge in [-0.1, -0.05) is 6.07 Å². The van der Waals surface area contributed by atoms with Crippen molar-refractivity contribution in [1.29, 1.82) is 0 Å². The van der Waals surface area contributed by atoms with Gasteiger partial charge in [0.25, 0.3) is 11.8 Å². The summed E-state index contributed by atoms with van der Waals surface area (Å²) in [6.07, 6.45) is 0.803. The number of amides is 2. The second kappa shape index (κ2) is 9.16. The fourth-order valence-corrected chi connectivity index (χ4v) is 3.71. The third-order valence-corrected chi connectivity index (χ3v) is 5.41. The number of benzene rings is 1. The van der Waals surface area contributed by atoms with Gasteiger partial charge in [-0.05, 0) is 6.07 Å². The molecule has 2 aliphatic heterocycles. The molecule has 1 fully saturated rings. The summed E-state index contributed by atoms with van der Waals surface area (Å²) >= 11 is 0. The number of hydrogen-bond acceptors (Lipinski definition) is 7. The van der Waals surface area contributed by atoms with Gasteiger partial charge in [0, 0.05) is 31.4 Å². The third-order valence-electron chi connectivity index (χ3n) is 5.41. The number of pyridine rings is 1. The average molecular weight is 464 g/mol. The van der Waals surface area contributed by atoms with Gasteiger partial charge in [0.05, 0.1) is 32.5 Å². The van der Waals surface area contributed by atoms with Gasteiger partial charge in [-0.3, -0.25) is 24.1 Å². The quantitative estimate of drug-likeness (QED) is 0.648. The van der Waals surface area contributed by atoms with E-state index in [0.717, 1.165) is 12.3 Å². The van der Waals surface area contributed by atoms with E-state index in [1.54, 1.807) is 7.05 Å². The van der Waals surface area contributed by atoms with Crippen LogP contribution in [0.15, 0.2) is 29.2 Å². The summed E-state index contributed by atoms with van der Waals surface area (Å²) in [6, 6.07) is 2.89. The topological polar surface area (TPSA) is 113 Å². The van der Waals surface area contributed by atoms with Crippen molar-refractivity contribution in [3.63, 3.8) is 0 Å². The molecule has 12 heteroatoms. The summed E-state index contributed by atoms with van der Waals surface area (Å²) in [7, 11) is 1.61. The van der Waals surface area contributed by atoms with Crippen LogP contribution in [0.25, 0.3) is 0 Å². The van der Waals surface area contributed by atoms with E-state index in [0.29, 0.717) is 25.9 Å². The zero-order valence-corrected chi connectivity index (χ0v) is 17.7. The summed E-state index contributed by atoms with van der Waals surface area (Å²) in [4.78, 5) is 39.6. The van der Waals surface area contributed by atoms with E-state index in [9.17, 15) is 28.3 Å². The second-order valence-corrected chi connectivity index (χ2v) is 7.73. The Balaban J connectivity index is 1.56. The molecule has 2 aliphatic rings. The zero-order chi connectivity index (χ0) is 23.7. The van der Waals surface area contributed by atoms with E-state index < -0.39 is 40.2 Å². The van der Waals surface area contributed by atoms with Gasteiger partial charge in [-0.25, -0.2) is 8.78 Å². The van der Waals surface area contributed by atoms with Crippen molar-refractivity contribution in [2.75, 3.05) is 45.1 Å². The van der Waals surface area contributed by atoms with Crippen LogP contribution in [0.1, 0.15) is 26.4 Å². The van der Waals surface area contributed by atoms with E-state index in [1.165, 1.54) is 20.7 Å². The Morgan fingerprint density at radius 3 is 2.76 bits per heavy atom. The minimum atomic E-state index is -1.04. The molecule has 1 aromatic carbocycles. The minimum absolute atomic E-state index is 0.0175. The molecule has 0 aliphatic carbocycles. The van der Waals surface area contributed by atoms with Crippen LogP contribution in [-0.4, -0.2) is 72.7 Å². The Hall–Kier alpha value is -3.51. The van der Waals surface area contributed by atoms with E-state index in [-0.39, 0.29) is 37.1 Å². The molecule has 4 rings (SSSR count). The first-order valence-electron chi connectivity index (χ1n) is 10.2. The summed E-state index contributed by atoms with van der Waals surface area (Å²) in [6.45, 7) is 1.20. The number of aromatic nitrogens is 1. The van der Waals surface area contributed by atoms with Crippen LogP contribution in [0.3, 0.4) is 0 Å². The molecule has 0 saturated carbocycles. The zero-order valence-electron chi connectivity index (χ0n) is 17.7. The molecule has 10 nitrogen and oxygen atoms in total. The maximum atomic E-state index is 13.8. The van der Waals surface area contributed by atoms with Gasteiger partial charge in [0.1, 0.15) is 23.9 Å². The van der Waals surface area contributed by atoms with Gasteiger partial charge in [-0.15, -0.1) is 0 Å². The first-order chi connectivity index (χ1) is 15.8. The Morgan fingerprint density at radius 1 is 1.27 bits per heavy atom. The number of carbonyl (C=O) groups is 2. The first kappa shape index (κ1) is 22.7. The number of nitrogens with zero attached hydrogens (tertiary/aromatic N) is 3. The van der Waals surface area contributed by atoms with E-state index >= 15 is 0 Å². The highest BCUT2D eigenvalue weighted by Crippen LogP contribution is 2.21. The molecule has 2 amide bonds.